The van der Waals surface area contributed by atoms with Gasteiger partial charge in [0.25, 0.3) is 0 Å². The van der Waals surface area contributed by atoms with Crippen LogP contribution in [-0.4, -0.2) is 9.55 Å². The molecule has 0 bridgehead atoms. The van der Waals surface area contributed by atoms with Crippen LogP contribution in [0.4, 0.5) is 10.1 Å². The molecule has 3 rings (SSSR count). The Labute approximate surface area is 120 Å². The molecule has 2 N–H and O–H groups in total. The Kier molecular flexibility index (Phi) is 3.10. The third-order valence-corrected chi connectivity index (χ3v) is 3.52. The number of benzene rings is 2. The number of aromatic nitrogens is 2. The largest absolute Gasteiger partial charge is 0.398 e. The first-order chi connectivity index (χ1) is 9.60. The molecule has 0 saturated heterocycles. The number of halogens is 2. The minimum Gasteiger partial charge on any atom is -0.398 e. The summed E-state index contributed by atoms with van der Waals surface area (Å²) in [5.74, 6) is 0.371. The van der Waals surface area contributed by atoms with E-state index >= 15 is 0 Å². The van der Waals surface area contributed by atoms with E-state index in [4.69, 9.17) is 17.3 Å². The van der Waals surface area contributed by atoms with Gasteiger partial charge in [0.05, 0.1) is 11.0 Å². The Balaban J connectivity index is 2.30. The summed E-state index contributed by atoms with van der Waals surface area (Å²) in [6.45, 7) is 2.74. The van der Waals surface area contributed by atoms with Crippen molar-refractivity contribution in [3.63, 3.8) is 0 Å². The second kappa shape index (κ2) is 4.80. The number of anilines is 1. The number of fused-ring (bicyclic) bond motifs is 1. The van der Waals surface area contributed by atoms with Gasteiger partial charge in [0.2, 0.25) is 0 Å². The van der Waals surface area contributed by atoms with E-state index in [9.17, 15) is 4.39 Å². The van der Waals surface area contributed by atoms with E-state index in [2.05, 4.69) is 4.98 Å². The predicted octanol–water partition coefficient (Wildman–Crippen LogP) is 4.10. The van der Waals surface area contributed by atoms with Crippen LogP contribution < -0.4 is 5.73 Å². The fraction of sp³-hybridized carbons (Fsp3) is 0.133. The highest BCUT2D eigenvalue weighted by atomic mass is 35.5. The third-order valence-electron chi connectivity index (χ3n) is 3.28. The van der Waals surface area contributed by atoms with Gasteiger partial charge in [-0.25, -0.2) is 9.37 Å². The maximum Gasteiger partial charge on any atom is 0.143 e. The molecule has 0 spiro atoms. The average Bonchev–Trinajstić information content (AvgIpc) is 2.76. The maximum absolute atomic E-state index is 13.2. The highest BCUT2D eigenvalue weighted by molar-refractivity contribution is 6.31. The Hall–Kier alpha value is -2.07. The molecule has 0 saturated carbocycles. The predicted molar refractivity (Wildman–Crippen MR) is 80.2 cm³/mol. The molecule has 102 valence electrons. The average molecular weight is 290 g/mol. The number of hydrogen-bond donors (Lipinski definition) is 1. The van der Waals surface area contributed by atoms with Gasteiger partial charge < -0.3 is 10.3 Å². The number of aryl methyl sites for hydroxylation is 1. The molecule has 0 unspecified atom stereocenters. The molecule has 20 heavy (non-hydrogen) atoms. The van der Waals surface area contributed by atoms with Gasteiger partial charge in [-0.15, -0.1) is 0 Å². The quantitative estimate of drug-likeness (QED) is 0.722. The first-order valence-electron chi connectivity index (χ1n) is 6.31. The summed E-state index contributed by atoms with van der Waals surface area (Å²) in [7, 11) is 0. The van der Waals surface area contributed by atoms with Crippen molar-refractivity contribution in [2.24, 2.45) is 0 Å². The third kappa shape index (κ3) is 2.02. The number of nitrogens with zero attached hydrogens (tertiary/aromatic N) is 2. The van der Waals surface area contributed by atoms with Crippen LogP contribution in [0.5, 0.6) is 0 Å². The van der Waals surface area contributed by atoms with E-state index in [-0.39, 0.29) is 5.82 Å². The zero-order valence-electron chi connectivity index (χ0n) is 10.9. The van der Waals surface area contributed by atoms with E-state index in [1.807, 2.05) is 23.6 Å². The molecule has 0 fully saturated rings. The molecule has 0 atom stereocenters. The lowest BCUT2D eigenvalue weighted by Crippen LogP contribution is -2.00. The first kappa shape index (κ1) is 12.9. The van der Waals surface area contributed by atoms with E-state index in [0.717, 1.165) is 29.0 Å². The Morgan fingerprint density at radius 2 is 2.05 bits per heavy atom. The van der Waals surface area contributed by atoms with Crippen LogP contribution in [0.15, 0.2) is 36.4 Å². The highest BCUT2D eigenvalue weighted by Crippen LogP contribution is 2.30. The fourth-order valence-electron chi connectivity index (χ4n) is 2.36. The van der Waals surface area contributed by atoms with Crippen LogP contribution in [0.1, 0.15) is 6.92 Å². The van der Waals surface area contributed by atoms with Gasteiger partial charge in [-0.05, 0) is 43.3 Å². The van der Waals surface area contributed by atoms with E-state index in [1.54, 1.807) is 12.1 Å². The van der Waals surface area contributed by atoms with Crippen molar-refractivity contribution in [1.29, 1.82) is 0 Å². The number of nitrogens with two attached hydrogens (primary N) is 1. The molecule has 0 amide bonds. The summed E-state index contributed by atoms with van der Waals surface area (Å²) in [5.41, 5.74) is 8.79. The van der Waals surface area contributed by atoms with Crippen molar-refractivity contribution < 1.29 is 4.39 Å². The Bertz CT molecular complexity index is 795. The van der Waals surface area contributed by atoms with Crippen LogP contribution in [0, 0.1) is 5.82 Å². The second-order valence-corrected chi connectivity index (χ2v) is 4.98. The van der Waals surface area contributed by atoms with Gasteiger partial charge in [0.1, 0.15) is 11.6 Å². The summed E-state index contributed by atoms with van der Waals surface area (Å²) >= 11 is 6.04. The van der Waals surface area contributed by atoms with Crippen molar-refractivity contribution in [1.82, 2.24) is 9.55 Å². The minimum absolute atomic E-state index is 0.353. The Morgan fingerprint density at radius 3 is 2.75 bits per heavy atom. The maximum atomic E-state index is 13.2. The number of nitrogen functional groups attached to an aromatic ring is 1. The zero-order valence-corrected chi connectivity index (χ0v) is 11.7. The van der Waals surface area contributed by atoms with Crippen molar-refractivity contribution in [2.45, 2.75) is 13.5 Å². The molecular weight excluding hydrogens is 277 g/mol. The normalized spacial score (nSPS) is 11.2. The molecule has 1 aromatic heterocycles. The van der Waals surface area contributed by atoms with Crippen LogP contribution in [-0.2, 0) is 6.54 Å². The van der Waals surface area contributed by atoms with Gasteiger partial charge in [-0.3, -0.25) is 0 Å². The number of imidazole rings is 1. The summed E-state index contributed by atoms with van der Waals surface area (Å²) < 4.78 is 15.2. The summed E-state index contributed by atoms with van der Waals surface area (Å²) in [5, 5.41) is 0.658. The first-order valence-corrected chi connectivity index (χ1v) is 6.69. The summed E-state index contributed by atoms with van der Waals surface area (Å²) in [6, 6.07) is 9.89. The van der Waals surface area contributed by atoms with Gasteiger partial charge >= 0.3 is 0 Å². The summed E-state index contributed by atoms with van der Waals surface area (Å²) in [4.78, 5) is 4.59. The van der Waals surface area contributed by atoms with Gasteiger partial charge in [-0.1, -0.05) is 11.6 Å². The molecule has 3 aromatic rings. The lowest BCUT2D eigenvalue weighted by atomic mass is 10.1. The standard InChI is InChI=1S/C15H13ClFN3/c1-2-20-14-7-9(16)3-6-13(14)19-15(20)11-5-4-10(17)8-12(11)18/h3-8H,2,18H2,1H3. The Morgan fingerprint density at radius 1 is 1.25 bits per heavy atom. The molecule has 0 radical (unpaired) electrons. The fourth-order valence-corrected chi connectivity index (χ4v) is 2.53. The molecule has 0 aliphatic carbocycles. The van der Waals surface area contributed by atoms with Gasteiger partial charge in [0.15, 0.2) is 0 Å². The van der Waals surface area contributed by atoms with Crippen molar-refractivity contribution in [2.75, 3.05) is 5.73 Å². The van der Waals surface area contributed by atoms with E-state index < -0.39 is 0 Å². The SMILES string of the molecule is CCn1c(-c2ccc(F)cc2N)nc2ccc(Cl)cc21. The van der Waals surface area contributed by atoms with Crippen LogP contribution in [0.25, 0.3) is 22.4 Å². The van der Waals surface area contributed by atoms with Gasteiger partial charge in [0, 0.05) is 22.8 Å². The van der Waals surface area contributed by atoms with Crippen LogP contribution in [0.3, 0.4) is 0 Å². The zero-order chi connectivity index (χ0) is 14.3. The van der Waals surface area contributed by atoms with Crippen molar-refractivity contribution in [3.05, 3.63) is 47.2 Å². The molecule has 3 nitrogen and oxygen atoms in total. The summed E-state index contributed by atoms with van der Waals surface area (Å²) in [6.07, 6.45) is 0. The van der Waals surface area contributed by atoms with Crippen molar-refractivity contribution >= 4 is 28.3 Å². The molecule has 1 heterocycles. The molecule has 5 heteroatoms. The topological polar surface area (TPSA) is 43.8 Å². The molecular formula is C15H13ClFN3. The molecule has 0 aliphatic rings. The molecule has 2 aromatic carbocycles. The van der Waals surface area contributed by atoms with E-state index in [1.165, 1.54) is 12.1 Å². The molecule has 0 aliphatic heterocycles. The number of rotatable bonds is 2. The smallest absolute Gasteiger partial charge is 0.143 e. The van der Waals surface area contributed by atoms with E-state index in [0.29, 0.717) is 10.7 Å². The van der Waals surface area contributed by atoms with Crippen LogP contribution >= 0.6 is 11.6 Å². The monoisotopic (exact) mass is 289 g/mol. The lowest BCUT2D eigenvalue weighted by molar-refractivity contribution is 0.628. The number of hydrogen-bond acceptors (Lipinski definition) is 2. The minimum atomic E-state index is -0.353. The van der Waals surface area contributed by atoms with Crippen molar-refractivity contribution in [3.8, 4) is 11.4 Å². The highest BCUT2D eigenvalue weighted by Gasteiger charge is 2.14. The second-order valence-electron chi connectivity index (χ2n) is 4.54. The van der Waals surface area contributed by atoms with Crippen LogP contribution in [0.2, 0.25) is 5.02 Å². The van der Waals surface area contributed by atoms with Gasteiger partial charge in [-0.2, -0.15) is 0 Å². The lowest BCUT2D eigenvalue weighted by Gasteiger charge is -2.08.